The van der Waals surface area contributed by atoms with E-state index in [1.165, 1.54) is 0 Å². The largest absolute Gasteiger partial charge is 0.493 e. The van der Waals surface area contributed by atoms with E-state index >= 15 is 0 Å². The summed E-state index contributed by atoms with van der Waals surface area (Å²) in [7, 11) is 3.19. The zero-order valence-electron chi connectivity index (χ0n) is 19.9. The fraction of sp³-hybridized carbons (Fsp3) is 0.462. The second-order valence-corrected chi connectivity index (χ2v) is 7.89. The number of benzene rings is 2. The lowest BCUT2D eigenvalue weighted by atomic mass is 10.1. The van der Waals surface area contributed by atoms with E-state index in [9.17, 15) is 4.79 Å². The molecule has 0 saturated heterocycles. The molecule has 0 spiro atoms. The van der Waals surface area contributed by atoms with Gasteiger partial charge in [0.1, 0.15) is 5.82 Å². The van der Waals surface area contributed by atoms with Gasteiger partial charge in [-0.05, 0) is 49.6 Å². The highest BCUT2D eigenvalue weighted by Crippen LogP contribution is 2.27. The molecule has 33 heavy (non-hydrogen) atoms. The highest BCUT2D eigenvalue weighted by Gasteiger charge is 2.11. The number of nitrogens with zero attached hydrogens (tertiary/aromatic N) is 2. The number of hydrogen-bond acceptors (Lipinski definition) is 5. The molecule has 1 heterocycles. The molecule has 0 aliphatic rings. The number of rotatable bonds is 14. The molecule has 0 atom stereocenters. The van der Waals surface area contributed by atoms with Gasteiger partial charge in [-0.2, -0.15) is 0 Å². The van der Waals surface area contributed by atoms with E-state index in [1.807, 2.05) is 31.2 Å². The van der Waals surface area contributed by atoms with Crippen molar-refractivity contribution in [3.05, 3.63) is 53.9 Å². The van der Waals surface area contributed by atoms with E-state index in [0.29, 0.717) is 31.1 Å². The third-order valence-electron chi connectivity index (χ3n) is 5.61. The van der Waals surface area contributed by atoms with Gasteiger partial charge in [-0.3, -0.25) is 4.79 Å². The Bertz CT molecular complexity index is 1030. The lowest BCUT2D eigenvalue weighted by Gasteiger charge is -2.10. The Morgan fingerprint density at radius 2 is 1.85 bits per heavy atom. The summed E-state index contributed by atoms with van der Waals surface area (Å²) in [5, 5.41) is 3.01. The Balaban J connectivity index is 1.41. The molecular weight excluding hydrogens is 418 g/mol. The predicted molar refractivity (Wildman–Crippen MR) is 130 cm³/mol. The fourth-order valence-electron chi connectivity index (χ4n) is 3.92. The molecule has 1 amide bonds. The van der Waals surface area contributed by atoms with Crippen LogP contribution in [0.4, 0.5) is 0 Å². The summed E-state index contributed by atoms with van der Waals surface area (Å²) in [4.78, 5) is 17.1. The van der Waals surface area contributed by atoms with Crippen LogP contribution < -0.4 is 14.8 Å². The van der Waals surface area contributed by atoms with Crippen LogP contribution in [0, 0.1) is 0 Å². The molecule has 0 radical (unpaired) electrons. The van der Waals surface area contributed by atoms with Gasteiger partial charge in [0.25, 0.3) is 0 Å². The minimum Gasteiger partial charge on any atom is -0.493 e. The minimum atomic E-state index is 0.0138. The molecule has 7 heteroatoms. The van der Waals surface area contributed by atoms with Crippen molar-refractivity contribution in [1.29, 1.82) is 0 Å². The molecular formula is C26H35N3O4. The Morgan fingerprint density at radius 1 is 1.03 bits per heavy atom. The Morgan fingerprint density at radius 3 is 2.64 bits per heavy atom. The molecule has 1 aromatic heterocycles. The van der Waals surface area contributed by atoms with Crippen molar-refractivity contribution in [2.24, 2.45) is 0 Å². The average molecular weight is 454 g/mol. The standard InChI is InChI=1S/C26H35N3O4/c1-4-33-17-16-29-22-11-8-7-10-21(22)28-25(29)12-6-5-9-15-27-26(30)19-20-13-14-23(31-2)24(18-20)32-3/h7-8,10-11,13-14,18H,4-6,9,12,15-17,19H2,1-3H3,(H,27,30). The lowest BCUT2D eigenvalue weighted by Crippen LogP contribution is -2.26. The second-order valence-electron chi connectivity index (χ2n) is 7.89. The van der Waals surface area contributed by atoms with Crippen molar-refractivity contribution < 1.29 is 19.0 Å². The van der Waals surface area contributed by atoms with Crippen LogP contribution in [0.5, 0.6) is 11.5 Å². The predicted octanol–water partition coefficient (Wildman–Crippen LogP) is 4.16. The van der Waals surface area contributed by atoms with Gasteiger partial charge in [0.2, 0.25) is 5.91 Å². The van der Waals surface area contributed by atoms with E-state index in [2.05, 4.69) is 28.1 Å². The van der Waals surface area contributed by atoms with Crippen molar-refractivity contribution in [1.82, 2.24) is 14.9 Å². The third kappa shape index (κ3) is 6.96. The number of unbranched alkanes of at least 4 members (excludes halogenated alkanes) is 2. The highest BCUT2D eigenvalue weighted by molar-refractivity contribution is 5.78. The summed E-state index contributed by atoms with van der Waals surface area (Å²) < 4.78 is 18.4. The number of aryl methyl sites for hydroxylation is 1. The number of imidazole rings is 1. The molecule has 0 aliphatic heterocycles. The number of methoxy groups -OCH3 is 2. The first-order valence-corrected chi connectivity index (χ1v) is 11.7. The average Bonchev–Trinajstić information content (AvgIpc) is 3.18. The lowest BCUT2D eigenvalue weighted by molar-refractivity contribution is -0.120. The molecule has 2 aromatic carbocycles. The van der Waals surface area contributed by atoms with E-state index in [-0.39, 0.29) is 5.91 Å². The normalized spacial score (nSPS) is 11.0. The van der Waals surface area contributed by atoms with Crippen molar-refractivity contribution in [3.8, 4) is 11.5 Å². The minimum absolute atomic E-state index is 0.0138. The number of amides is 1. The van der Waals surface area contributed by atoms with Crippen LogP contribution in [0.2, 0.25) is 0 Å². The van der Waals surface area contributed by atoms with Crippen molar-refractivity contribution in [2.75, 3.05) is 34.0 Å². The van der Waals surface area contributed by atoms with Crippen LogP contribution in [0.15, 0.2) is 42.5 Å². The number of fused-ring (bicyclic) bond motifs is 1. The van der Waals surface area contributed by atoms with Gasteiger partial charge in [0.15, 0.2) is 11.5 Å². The topological polar surface area (TPSA) is 74.6 Å². The maximum absolute atomic E-state index is 12.3. The Hall–Kier alpha value is -3.06. The van der Waals surface area contributed by atoms with E-state index in [4.69, 9.17) is 19.2 Å². The zero-order chi connectivity index (χ0) is 23.5. The second kappa shape index (κ2) is 12.8. The van der Waals surface area contributed by atoms with Gasteiger partial charge in [0.05, 0.1) is 38.3 Å². The van der Waals surface area contributed by atoms with Gasteiger partial charge in [0, 0.05) is 26.1 Å². The highest BCUT2D eigenvalue weighted by atomic mass is 16.5. The van der Waals surface area contributed by atoms with E-state index in [1.54, 1.807) is 14.2 Å². The number of hydrogen-bond donors (Lipinski definition) is 1. The number of para-hydroxylation sites is 2. The van der Waals surface area contributed by atoms with Gasteiger partial charge >= 0.3 is 0 Å². The van der Waals surface area contributed by atoms with Crippen LogP contribution in [0.1, 0.15) is 37.6 Å². The van der Waals surface area contributed by atoms with Crippen LogP contribution in [0.25, 0.3) is 11.0 Å². The molecule has 0 aliphatic carbocycles. The molecule has 7 nitrogen and oxygen atoms in total. The number of carbonyl (C=O) groups is 1. The zero-order valence-corrected chi connectivity index (χ0v) is 19.9. The maximum Gasteiger partial charge on any atom is 0.224 e. The van der Waals surface area contributed by atoms with Crippen LogP contribution >= 0.6 is 0 Å². The van der Waals surface area contributed by atoms with Crippen molar-refractivity contribution in [2.45, 2.75) is 45.6 Å². The number of nitrogens with one attached hydrogen (secondary N) is 1. The van der Waals surface area contributed by atoms with Crippen LogP contribution in [-0.2, 0) is 28.9 Å². The molecule has 0 saturated carbocycles. The molecule has 3 rings (SSSR count). The third-order valence-corrected chi connectivity index (χ3v) is 5.61. The molecule has 0 bridgehead atoms. The molecule has 178 valence electrons. The fourth-order valence-corrected chi connectivity index (χ4v) is 3.92. The van der Waals surface area contributed by atoms with Gasteiger partial charge in [-0.1, -0.05) is 24.6 Å². The first kappa shape index (κ1) is 24.6. The molecule has 1 N–H and O–H groups in total. The quantitative estimate of drug-likeness (QED) is 0.371. The molecule has 0 unspecified atom stereocenters. The summed E-state index contributed by atoms with van der Waals surface area (Å²) in [5.74, 6) is 2.41. The monoisotopic (exact) mass is 453 g/mol. The maximum atomic E-state index is 12.3. The Kier molecular flexibility index (Phi) is 9.57. The van der Waals surface area contributed by atoms with Gasteiger partial charge in [-0.25, -0.2) is 4.98 Å². The number of ether oxygens (including phenoxy) is 3. The van der Waals surface area contributed by atoms with E-state index in [0.717, 1.165) is 61.3 Å². The summed E-state index contributed by atoms with van der Waals surface area (Å²) in [6, 6.07) is 13.8. The van der Waals surface area contributed by atoms with E-state index < -0.39 is 0 Å². The smallest absolute Gasteiger partial charge is 0.224 e. The SMILES string of the molecule is CCOCCn1c(CCCCCNC(=O)Cc2ccc(OC)c(OC)c2)nc2ccccc21. The number of carbonyl (C=O) groups excluding carboxylic acids is 1. The first-order chi connectivity index (χ1) is 16.2. The van der Waals surface area contributed by atoms with Crippen molar-refractivity contribution in [3.63, 3.8) is 0 Å². The molecule has 3 aromatic rings. The molecule has 0 fully saturated rings. The first-order valence-electron chi connectivity index (χ1n) is 11.7. The summed E-state index contributed by atoms with van der Waals surface area (Å²) in [6.45, 7) is 4.91. The Labute approximate surface area is 196 Å². The summed E-state index contributed by atoms with van der Waals surface area (Å²) in [5.41, 5.74) is 3.09. The van der Waals surface area contributed by atoms with Crippen LogP contribution in [-0.4, -0.2) is 49.4 Å². The van der Waals surface area contributed by atoms with Gasteiger partial charge < -0.3 is 24.1 Å². The summed E-state index contributed by atoms with van der Waals surface area (Å²) in [6.07, 6.45) is 4.25. The van der Waals surface area contributed by atoms with Gasteiger partial charge in [-0.15, -0.1) is 0 Å². The van der Waals surface area contributed by atoms with Crippen LogP contribution in [0.3, 0.4) is 0 Å². The van der Waals surface area contributed by atoms with Crippen molar-refractivity contribution >= 4 is 16.9 Å². The summed E-state index contributed by atoms with van der Waals surface area (Å²) >= 11 is 0. The number of aromatic nitrogens is 2.